The molecule has 0 aliphatic heterocycles. The van der Waals surface area contributed by atoms with Gasteiger partial charge in [0, 0.05) is 12.1 Å². The standard InChI is InChI=1S/C12H12F2N2O2/c1-2-18-12(17)7-3-8(5-15)10(11(13)14)9(4-7)6-16/h3-4,11H,2,5,15H2,1H3. The Hall–Kier alpha value is -2.00. The van der Waals surface area contributed by atoms with Crippen LogP contribution < -0.4 is 5.73 Å². The van der Waals surface area contributed by atoms with Crippen molar-refractivity contribution in [2.24, 2.45) is 5.73 Å². The van der Waals surface area contributed by atoms with Crippen LogP contribution in [-0.2, 0) is 11.3 Å². The second-order valence-electron chi connectivity index (χ2n) is 3.43. The summed E-state index contributed by atoms with van der Waals surface area (Å²) in [5, 5.41) is 8.85. The molecule has 96 valence electrons. The highest BCUT2D eigenvalue weighted by molar-refractivity contribution is 5.90. The Morgan fingerprint density at radius 1 is 1.56 bits per heavy atom. The predicted octanol–water partition coefficient (Wildman–Crippen LogP) is 2.13. The number of nitrogens with two attached hydrogens (primary N) is 1. The van der Waals surface area contributed by atoms with Crippen molar-refractivity contribution in [3.05, 3.63) is 34.4 Å². The van der Waals surface area contributed by atoms with Crippen LogP contribution in [0.4, 0.5) is 8.78 Å². The van der Waals surface area contributed by atoms with Crippen molar-refractivity contribution in [3.8, 4) is 6.07 Å². The average Bonchev–Trinajstić information content (AvgIpc) is 2.36. The van der Waals surface area contributed by atoms with E-state index in [1.165, 1.54) is 6.07 Å². The van der Waals surface area contributed by atoms with Crippen molar-refractivity contribution in [1.82, 2.24) is 0 Å². The highest BCUT2D eigenvalue weighted by atomic mass is 19.3. The van der Waals surface area contributed by atoms with Gasteiger partial charge in [0.2, 0.25) is 0 Å². The Labute approximate surface area is 103 Å². The van der Waals surface area contributed by atoms with E-state index < -0.39 is 18.0 Å². The normalized spacial score (nSPS) is 10.2. The number of esters is 1. The average molecular weight is 254 g/mol. The number of halogens is 2. The first-order valence-corrected chi connectivity index (χ1v) is 5.27. The van der Waals surface area contributed by atoms with Crippen LogP contribution in [0.3, 0.4) is 0 Å². The van der Waals surface area contributed by atoms with Gasteiger partial charge in [0.25, 0.3) is 6.43 Å². The number of alkyl halides is 2. The molecule has 0 spiro atoms. The molecular formula is C12H12F2N2O2. The number of hydrogen-bond acceptors (Lipinski definition) is 4. The smallest absolute Gasteiger partial charge is 0.338 e. The first-order valence-electron chi connectivity index (χ1n) is 5.27. The van der Waals surface area contributed by atoms with Gasteiger partial charge < -0.3 is 10.5 Å². The molecule has 4 nitrogen and oxygen atoms in total. The predicted molar refractivity (Wildman–Crippen MR) is 60.0 cm³/mol. The van der Waals surface area contributed by atoms with Crippen molar-refractivity contribution in [3.63, 3.8) is 0 Å². The molecule has 1 aromatic carbocycles. The number of rotatable bonds is 4. The van der Waals surface area contributed by atoms with Crippen LogP contribution in [0.2, 0.25) is 0 Å². The number of hydrogen-bond donors (Lipinski definition) is 1. The Morgan fingerprint density at radius 2 is 2.22 bits per heavy atom. The van der Waals surface area contributed by atoms with Crippen LogP contribution >= 0.6 is 0 Å². The zero-order chi connectivity index (χ0) is 13.7. The molecule has 0 radical (unpaired) electrons. The van der Waals surface area contributed by atoms with Crippen molar-refractivity contribution in [2.45, 2.75) is 19.9 Å². The van der Waals surface area contributed by atoms with E-state index in [4.69, 9.17) is 15.7 Å². The second-order valence-corrected chi connectivity index (χ2v) is 3.43. The van der Waals surface area contributed by atoms with Gasteiger partial charge in [-0.1, -0.05) is 0 Å². The lowest BCUT2D eigenvalue weighted by Crippen LogP contribution is -2.10. The van der Waals surface area contributed by atoms with E-state index in [1.807, 2.05) is 0 Å². The number of carbonyl (C=O) groups is 1. The molecule has 1 aromatic rings. The van der Waals surface area contributed by atoms with Gasteiger partial charge in [-0.05, 0) is 24.6 Å². The SMILES string of the molecule is CCOC(=O)c1cc(C#N)c(C(F)F)c(CN)c1. The van der Waals surface area contributed by atoms with Crippen LogP contribution in [0, 0.1) is 11.3 Å². The summed E-state index contributed by atoms with van der Waals surface area (Å²) in [7, 11) is 0. The van der Waals surface area contributed by atoms with Crippen LogP contribution in [0.1, 0.15) is 40.4 Å². The number of ether oxygens (including phenoxy) is 1. The number of nitrogens with zero attached hydrogens (tertiary/aromatic N) is 1. The fraction of sp³-hybridized carbons (Fsp3) is 0.333. The lowest BCUT2D eigenvalue weighted by molar-refractivity contribution is 0.0525. The van der Waals surface area contributed by atoms with E-state index >= 15 is 0 Å². The summed E-state index contributed by atoms with van der Waals surface area (Å²) in [6, 6.07) is 3.98. The highest BCUT2D eigenvalue weighted by Gasteiger charge is 2.20. The first kappa shape index (κ1) is 14.1. The van der Waals surface area contributed by atoms with Crippen LogP contribution in [0.5, 0.6) is 0 Å². The topological polar surface area (TPSA) is 76.1 Å². The van der Waals surface area contributed by atoms with E-state index in [1.54, 1.807) is 13.0 Å². The van der Waals surface area contributed by atoms with Crippen molar-refractivity contribution >= 4 is 5.97 Å². The maximum Gasteiger partial charge on any atom is 0.338 e. The quantitative estimate of drug-likeness (QED) is 0.835. The summed E-state index contributed by atoms with van der Waals surface area (Å²) in [5.41, 5.74) is 4.81. The molecule has 18 heavy (non-hydrogen) atoms. The van der Waals surface area contributed by atoms with Gasteiger partial charge in [0.05, 0.1) is 23.8 Å². The van der Waals surface area contributed by atoms with Gasteiger partial charge in [0.1, 0.15) is 0 Å². The fourth-order valence-corrected chi connectivity index (χ4v) is 1.56. The van der Waals surface area contributed by atoms with Crippen molar-refractivity contribution in [1.29, 1.82) is 5.26 Å². The third-order valence-corrected chi connectivity index (χ3v) is 2.34. The van der Waals surface area contributed by atoms with Crippen LogP contribution in [0.25, 0.3) is 0 Å². The van der Waals surface area contributed by atoms with E-state index in [0.717, 1.165) is 6.07 Å². The molecule has 6 heteroatoms. The molecule has 0 atom stereocenters. The minimum Gasteiger partial charge on any atom is -0.462 e. The number of nitriles is 1. The molecule has 0 fully saturated rings. The monoisotopic (exact) mass is 254 g/mol. The zero-order valence-corrected chi connectivity index (χ0v) is 9.74. The minimum atomic E-state index is -2.81. The lowest BCUT2D eigenvalue weighted by atomic mass is 9.98. The van der Waals surface area contributed by atoms with Gasteiger partial charge >= 0.3 is 5.97 Å². The van der Waals surface area contributed by atoms with Crippen molar-refractivity contribution < 1.29 is 18.3 Å². The van der Waals surface area contributed by atoms with Gasteiger partial charge in [-0.15, -0.1) is 0 Å². The Balaban J connectivity index is 3.36. The molecule has 0 unspecified atom stereocenters. The van der Waals surface area contributed by atoms with Crippen LogP contribution in [0.15, 0.2) is 12.1 Å². The van der Waals surface area contributed by atoms with Gasteiger partial charge in [-0.3, -0.25) is 0 Å². The molecule has 0 amide bonds. The number of benzene rings is 1. The van der Waals surface area contributed by atoms with E-state index in [0.29, 0.717) is 0 Å². The van der Waals surface area contributed by atoms with Crippen LogP contribution in [-0.4, -0.2) is 12.6 Å². The Bertz CT molecular complexity index is 496. The molecule has 0 aliphatic carbocycles. The van der Waals surface area contributed by atoms with Gasteiger partial charge in [0.15, 0.2) is 0 Å². The van der Waals surface area contributed by atoms with E-state index in [2.05, 4.69) is 0 Å². The molecule has 1 rings (SSSR count). The van der Waals surface area contributed by atoms with E-state index in [9.17, 15) is 13.6 Å². The largest absolute Gasteiger partial charge is 0.462 e. The summed E-state index contributed by atoms with van der Waals surface area (Å²) in [6.45, 7) is 1.61. The third-order valence-electron chi connectivity index (χ3n) is 2.34. The molecule has 0 bridgehead atoms. The minimum absolute atomic E-state index is 0.0539. The zero-order valence-electron chi connectivity index (χ0n) is 9.74. The maximum absolute atomic E-state index is 12.8. The molecule has 0 heterocycles. The van der Waals surface area contributed by atoms with E-state index in [-0.39, 0.29) is 29.8 Å². The Kier molecular flexibility index (Phi) is 4.75. The molecule has 0 aromatic heterocycles. The molecule has 2 N–H and O–H groups in total. The summed E-state index contributed by atoms with van der Waals surface area (Å²) >= 11 is 0. The summed E-state index contributed by atoms with van der Waals surface area (Å²) < 4.78 is 30.4. The molecular weight excluding hydrogens is 242 g/mol. The van der Waals surface area contributed by atoms with Gasteiger partial charge in [-0.25, -0.2) is 13.6 Å². The summed E-state index contributed by atoms with van der Waals surface area (Å²) in [6.07, 6.45) is -2.81. The van der Waals surface area contributed by atoms with Gasteiger partial charge in [-0.2, -0.15) is 5.26 Å². The molecule has 0 saturated carbocycles. The second kappa shape index (κ2) is 6.07. The first-order chi connectivity index (χ1) is 8.54. The molecule has 0 aliphatic rings. The Morgan fingerprint density at radius 3 is 2.67 bits per heavy atom. The maximum atomic E-state index is 12.8. The lowest BCUT2D eigenvalue weighted by Gasteiger charge is -2.11. The third kappa shape index (κ3) is 2.81. The molecule has 0 saturated heterocycles. The number of carbonyl (C=O) groups excluding carboxylic acids is 1. The van der Waals surface area contributed by atoms with Crippen molar-refractivity contribution in [2.75, 3.05) is 6.61 Å². The highest BCUT2D eigenvalue weighted by Crippen LogP contribution is 2.28. The fourth-order valence-electron chi connectivity index (χ4n) is 1.56. The summed E-state index contributed by atoms with van der Waals surface area (Å²) in [4.78, 5) is 11.5. The summed E-state index contributed by atoms with van der Waals surface area (Å²) in [5.74, 6) is -0.662.